The number of ether oxygens (including phenoxy) is 1. The summed E-state index contributed by atoms with van der Waals surface area (Å²) >= 11 is 3.41. The molecule has 2 nitrogen and oxygen atoms in total. The molecular weight excluding hydrogens is 232 g/mol. The number of aryl methyl sites for hydroxylation is 1. The highest BCUT2D eigenvalue weighted by molar-refractivity contribution is 9.10. The fourth-order valence-corrected chi connectivity index (χ4v) is 1.60. The van der Waals surface area contributed by atoms with Gasteiger partial charge in [0, 0.05) is 17.0 Å². The predicted molar refractivity (Wildman–Crippen MR) is 54.3 cm³/mol. The molecule has 0 aliphatic carbocycles. The molecule has 0 N–H and O–H groups in total. The number of halogens is 1. The normalized spacial score (nSPS) is 9.77. The summed E-state index contributed by atoms with van der Waals surface area (Å²) in [5.74, 6) is -0.254. The smallest absolute Gasteiger partial charge is 0.302 e. The molecule has 0 saturated heterocycles. The lowest BCUT2D eigenvalue weighted by Crippen LogP contribution is -2.01. The molecule has 3 heteroatoms. The van der Waals surface area contributed by atoms with Crippen LogP contribution in [-0.2, 0) is 16.1 Å². The third-order valence-electron chi connectivity index (χ3n) is 1.77. The maximum absolute atomic E-state index is 10.6. The van der Waals surface area contributed by atoms with Crippen LogP contribution in [0.5, 0.6) is 0 Å². The van der Waals surface area contributed by atoms with Gasteiger partial charge in [-0.2, -0.15) is 0 Å². The molecular formula is C10H11BrO2. The average Bonchev–Trinajstić information content (AvgIpc) is 2.03. The highest BCUT2D eigenvalue weighted by Crippen LogP contribution is 2.20. The minimum Gasteiger partial charge on any atom is -0.461 e. The number of hydrogen-bond acceptors (Lipinski definition) is 2. The van der Waals surface area contributed by atoms with Gasteiger partial charge in [-0.05, 0) is 18.6 Å². The van der Waals surface area contributed by atoms with Gasteiger partial charge in [-0.3, -0.25) is 4.79 Å². The summed E-state index contributed by atoms with van der Waals surface area (Å²) in [5, 5.41) is 0. The van der Waals surface area contributed by atoms with Crippen molar-refractivity contribution in [2.24, 2.45) is 0 Å². The van der Waals surface area contributed by atoms with Crippen molar-refractivity contribution in [1.82, 2.24) is 0 Å². The Bertz CT molecular complexity index is 300. The van der Waals surface area contributed by atoms with E-state index in [-0.39, 0.29) is 5.97 Å². The van der Waals surface area contributed by atoms with E-state index in [1.807, 2.05) is 25.1 Å². The molecule has 0 radical (unpaired) electrons. The van der Waals surface area contributed by atoms with Crippen LogP contribution < -0.4 is 0 Å². The van der Waals surface area contributed by atoms with Crippen LogP contribution in [0.3, 0.4) is 0 Å². The lowest BCUT2D eigenvalue weighted by atomic mass is 10.1. The zero-order valence-electron chi connectivity index (χ0n) is 7.63. The number of rotatable bonds is 2. The Balaban J connectivity index is 2.81. The van der Waals surface area contributed by atoms with E-state index in [0.717, 1.165) is 15.6 Å². The summed E-state index contributed by atoms with van der Waals surface area (Å²) in [7, 11) is 0. The van der Waals surface area contributed by atoms with E-state index in [9.17, 15) is 4.79 Å². The molecule has 0 unspecified atom stereocenters. The second kappa shape index (κ2) is 4.42. The second-order valence-corrected chi connectivity index (χ2v) is 3.67. The monoisotopic (exact) mass is 242 g/mol. The molecule has 1 aromatic carbocycles. The first-order valence-electron chi connectivity index (χ1n) is 3.98. The van der Waals surface area contributed by atoms with Crippen LogP contribution in [-0.4, -0.2) is 5.97 Å². The van der Waals surface area contributed by atoms with E-state index >= 15 is 0 Å². The average molecular weight is 243 g/mol. The van der Waals surface area contributed by atoms with Gasteiger partial charge in [0.1, 0.15) is 6.61 Å². The molecule has 1 aromatic rings. The van der Waals surface area contributed by atoms with Crippen LogP contribution in [0, 0.1) is 6.92 Å². The third-order valence-corrected chi connectivity index (χ3v) is 2.52. The first-order valence-corrected chi connectivity index (χ1v) is 4.78. The SMILES string of the molecule is CC(=O)OCc1c(C)cccc1Br. The lowest BCUT2D eigenvalue weighted by molar-refractivity contribution is -0.142. The van der Waals surface area contributed by atoms with E-state index in [0.29, 0.717) is 6.61 Å². The van der Waals surface area contributed by atoms with E-state index in [2.05, 4.69) is 15.9 Å². The highest BCUT2D eigenvalue weighted by atomic mass is 79.9. The van der Waals surface area contributed by atoms with E-state index in [4.69, 9.17) is 4.74 Å². The molecule has 0 heterocycles. The molecule has 70 valence electrons. The summed E-state index contributed by atoms with van der Waals surface area (Å²) in [6.07, 6.45) is 0. The van der Waals surface area contributed by atoms with Gasteiger partial charge in [-0.25, -0.2) is 0 Å². The van der Waals surface area contributed by atoms with Crippen molar-refractivity contribution < 1.29 is 9.53 Å². The zero-order chi connectivity index (χ0) is 9.84. The number of hydrogen-bond donors (Lipinski definition) is 0. The minimum absolute atomic E-state index is 0.254. The standard InChI is InChI=1S/C10H11BrO2/c1-7-4-3-5-10(11)9(7)6-13-8(2)12/h3-5H,6H2,1-2H3. The molecule has 0 amide bonds. The van der Waals surface area contributed by atoms with Crippen molar-refractivity contribution in [1.29, 1.82) is 0 Å². The van der Waals surface area contributed by atoms with E-state index in [1.54, 1.807) is 0 Å². The van der Waals surface area contributed by atoms with Crippen LogP contribution in [0.1, 0.15) is 18.1 Å². The first kappa shape index (κ1) is 10.3. The second-order valence-electron chi connectivity index (χ2n) is 2.82. The number of benzene rings is 1. The maximum Gasteiger partial charge on any atom is 0.302 e. The first-order chi connectivity index (χ1) is 6.11. The molecule has 13 heavy (non-hydrogen) atoms. The lowest BCUT2D eigenvalue weighted by Gasteiger charge is -2.07. The Kier molecular flexibility index (Phi) is 3.48. The molecule has 0 aliphatic heterocycles. The van der Waals surface area contributed by atoms with Crippen molar-refractivity contribution in [3.05, 3.63) is 33.8 Å². The Morgan fingerprint density at radius 3 is 2.77 bits per heavy atom. The zero-order valence-corrected chi connectivity index (χ0v) is 9.22. The van der Waals surface area contributed by atoms with Crippen LogP contribution >= 0.6 is 15.9 Å². The van der Waals surface area contributed by atoms with Crippen LogP contribution in [0.15, 0.2) is 22.7 Å². The van der Waals surface area contributed by atoms with Crippen molar-refractivity contribution in [2.75, 3.05) is 0 Å². The minimum atomic E-state index is -0.254. The van der Waals surface area contributed by atoms with Crippen molar-refractivity contribution in [3.8, 4) is 0 Å². The summed E-state index contributed by atoms with van der Waals surface area (Å²) < 4.78 is 5.90. The Hall–Kier alpha value is -0.830. The maximum atomic E-state index is 10.6. The summed E-state index contributed by atoms with van der Waals surface area (Å²) in [6, 6.07) is 5.88. The fraction of sp³-hybridized carbons (Fsp3) is 0.300. The van der Waals surface area contributed by atoms with Gasteiger partial charge in [0.25, 0.3) is 0 Å². The molecule has 0 saturated carbocycles. The summed E-state index contributed by atoms with van der Waals surface area (Å²) in [5.41, 5.74) is 2.15. The summed E-state index contributed by atoms with van der Waals surface area (Å²) in [6.45, 7) is 3.73. The molecule has 0 aromatic heterocycles. The topological polar surface area (TPSA) is 26.3 Å². The Morgan fingerprint density at radius 1 is 1.54 bits per heavy atom. The van der Waals surface area contributed by atoms with Gasteiger partial charge in [0.2, 0.25) is 0 Å². The fourth-order valence-electron chi connectivity index (χ4n) is 1.02. The largest absolute Gasteiger partial charge is 0.461 e. The molecule has 1 rings (SSSR count). The van der Waals surface area contributed by atoms with Gasteiger partial charge in [-0.1, -0.05) is 28.1 Å². The Labute approximate surface area is 86.0 Å². The molecule has 0 fully saturated rings. The van der Waals surface area contributed by atoms with Gasteiger partial charge >= 0.3 is 5.97 Å². The number of esters is 1. The van der Waals surface area contributed by atoms with Crippen molar-refractivity contribution in [2.45, 2.75) is 20.5 Å². The van der Waals surface area contributed by atoms with Crippen LogP contribution in [0.4, 0.5) is 0 Å². The van der Waals surface area contributed by atoms with Gasteiger partial charge < -0.3 is 4.74 Å². The quantitative estimate of drug-likeness (QED) is 0.746. The number of carbonyl (C=O) groups is 1. The van der Waals surface area contributed by atoms with Crippen LogP contribution in [0.25, 0.3) is 0 Å². The molecule has 0 atom stereocenters. The predicted octanol–water partition coefficient (Wildman–Crippen LogP) is 2.82. The van der Waals surface area contributed by atoms with Crippen molar-refractivity contribution in [3.63, 3.8) is 0 Å². The molecule has 0 aliphatic rings. The molecule has 0 bridgehead atoms. The Morgan fingerprint density at radius 2 is 2.23 bits per heavy atom. The number of carbonyl (C=O) groups excluding carboxylic acids is 1. The van der Waals surface area contributed by atoms with E-state index < -0.39 is 0 Å². The third kappa shape index (κ3) is 2.84. The van der Waals surface area contributed by atoms with Crippen molar-refractivity contribution >= 4 is 21.9 Å². The molecule has 0 spiro atoms. The van der Waals surface area contributed by atoms with Gasteiger partial charge in [0.05, 0.1) is 0 Å². The van der Waals surface area contributed by atoms with E-state index in [1.165, 1.54) is 6.92 Å². The van der Waals surface area contributed by atoms with Gasteiger partial charge in [-0.15, -0.1) is 0 Å². The van der Waals surface area contributed by atoms with Gasteiger partial charge in [0.15, 0.2) is 0 Å². The summed E-state index contributed by atoms with van der Waals surface area (Å²) in [4.78, 5) is 10.6. The highest BCUT2D eigenvalue weighted by Gasteiger charge is 2.04. The van der Waals surface area contributed by atoms with Crippen LogP contribution in [0.2, 0.25) is 0 Å².